The Bertz CT molecular complexity index is 492. The fraction of sp³-hybridized carbons (Fsp3) is 0.333. The molecule has 0 spiro atoms. The van der Waals surface area contributed by atoms with Gasteiger partial charge >= 0.3 is 5.97 Å². The molecule has 1 aromatic carbocycles. The first-order valence-electron chi connectivity index (χ1n) is 5.42. The fourth-order valence-corrected chi connectivity index (χ4v) is 1.80. The van der Waals surface area contributed by atoms with Crippen LogP contribution in [0.15, 0.2) is 23.2 Å². The molecule has 0 amide bonds. The van der Waals surface area contributed by atoms with Crippen molar-refractivity contribution < 1.29 is 18.7 Å². The van der Waals surface area contributed by atoms with E-state index in [1.165, 1.54) is 18.5 Å². The summed E-state index contributed by atoms with van der Waals surface area (Å²) in [6, 6.07) is 3.44. The minimum absolute atomic E-state index is 0.0188. The van der Waals surface area contributed by atoms with Crippen LogP contribution in [-0.4, -0.2) is 25.0 Å². The Morgan fingerprint density at radius 3 is 3.06 bits per heavy atom. The van der Waals surface area contributed by atoms with Crippen LogP contribution in [0.2, 0.25) is 5.02 Å². The molecular weight excluding hydrogens is 261 g/mol. The second kappa shape index (κ2) is 5.35. The van der Waals surface area contributed by atoms with Gasteiger partial charge in [0, 0.05) is 0 Å². The molecular formula is C12H11ClFNO3. The zero-order valence-electron chi connectivity index (χ0n) is 9.60. The van der Waals surface area contributed by atoms with Gasteiger partial charge in [-0.1, -0.05) is 17.7 Å². The number of nitrogens with zero attached hydrogens (tertiary/aromatic N) is 1. The van der Waals surface area contributed by atoms with Gasteiger partial charge in [-0.2, -0.15) is 0 Å². The zero-order valence-corrected chi connectivity index (χ0v) is 10.4. The van der Waals surface area contributed by atoms with E-state index in [0.717, 1.165) is 0 Å². The third-order valence-corrected chi connectivity index (χ3v) is 2.82. The molecule has 0 N–H and O–H groups in total. The minimum Gasteiger partial charge on any atom is -0.473 e. The highest BCUT2D eigenvalue weighted by Crippen LogP contribution is 2.29. The number of benzene rings is 1. The summed E-state index contributed by atoms with van der Waals surface area (Å²) in [5, 5.41) is 0.0188. The van der Waals surface area contributed by atoms with Gasteiger partial charge in [-0.05, 0) is 24.6 Å². The molecule has 0 saturated heterocycles. The number of hydrogen-bond donors (Lipinski definition) is 0. The molecule has 1 aromatic rings. The highest BCUT2D eigenvalue weighted by atomic mass is 35.5. The lowest BCUT2D eigenvalue weighted by atomic mass is 10.0. The molecule has 0 aromatic heterocycles. The first-order valence-corrected chi connectivity index (χ1v) is 5.80. The molecule has 0 radical (unpaired) electrons. The molecule has 1 aliphatic rings. The predicted octanol–water partition coefficient (Wildman–Crippen LogP) is 2.51. The Balaban J connectivity index is 2.22. The summed E-state index contributed by atoms with van der Waals surface area (Å²) in [7, 11) is 0. The number of carbonyl (C=O) groups is 1. The van der Waals surface area contributed by atoms with E-state index in [1.54, 1.807) is 13.0 Å². The normalized spacial score (nSPS) is 21.7. The predicted molar refractivity (Wildman–Crippen MR) is 64.1 cm³/mol. The van der Waals surface area contributed by atoms with Gasteiger partial charge in [0.15, 0.2) is 18.5 Å². The van der Waals surface area contributed by atoms with Crippen LogP contribution >= 0.6 is 11.6 Å². The van der Waals surface area contributed by atoms with Gasteiger partial charge in [0.25, 0.3) is 0 Å². The van der Waals surface area contributed by atoms with E-state index < -0.39 is 23.9 Å². The van der Waals surface area contributed by atoms with Crippen LogP contribution in [0.4, 0.5) is 4.39 Å². The lowest BCUT2D eigenvalue weighted by Crippen LogP contribution is -2.26. The molecule has 1 aliphatic heterocycles. The van der Waals surface area contributed by atoms with E-state index in [-0.39, 0.29) is 11.6 Å². The summed E-state index contributed by atoms with van der Waals surface area (Å²) in [5.41, 5.74) is 0.493. The first-order chi connectivity index (χ1) is 8.63. The van der Waals surface area contributed by atoms with Crippen molar-refractivity contribution in [2.75, 3.05) is 6.61 Å². The van der Waals surface area contributed by atoms with Gasteiger partial charge in [0.2, 0.25) is 0 Å². The summed E-state index contributed by atoms with van der Waals surface area (Å²) in [5.74, 6) is -1.06. The summed E-state index contributed by atoms with van der Waals surface area (Å²) in [6.45, 7) is 1.96. The monoisotopic (exact) mass is 271 g/mol. The van der Waals surface area contributed by atoms with Crippen molar-refractivity contribution in [1.82, 2.24) is 0 Å². The second-order valence-corrected chi connectivity index (χ2v) is 4.09. The molecule has 18 heavy (non-hydrogen) atoms. The number of esters is 1. The van der Waals surface area contributed by atoms with Crippen LogP contribution < -0.4 is 0 Å². The first kappa shape index (κ1) is 12.8. The Morgan fingerprint density at radius 2 is 2.39 bits per heavy atom. The van der Waals surface area contributed by atoms with Crippen molar-refractivity contribution in [2.45, 2.75) is 19.1 Å². The Kier molecular flexibility index (Phi) is 3.81. The summed E-state index contributed by atoms with van der Waals surface area (Å²) < 4.78 is 23.5. The maximum atomic E-state index is 13.4. The lowest BCUT2D eigenvalue weighted by Gasteiger charge is -2.16. The molecule has 0 bridgehead atoms. The summed E-state index contributed by atoms with van der Waals surface area (Å²) in [6.07, 6.45) is 0.509. The van der Waals surface area contributed by atoms with Crippen LogP contribution in [0.3, 0.4) is 0 Å². The van der Waals surface area contributed by atoms with Crippen molar-refractivity contribution in [2.24, 2.45) is 4.99 Å². The van der Waals surface area contributed by atoms with Gasteiger partial charge < -0.3 is 9.47 Å². The van der Waals surface area contributed by atoms with Gasteiger partial charge in [0.1, 0.15) is 5.82 Å². The average molecular weight is 272 g/mol. The molecule has 6 heteroatoms. The van der Waals surface area contributed by atoms with E-state index in [9.17, 15) is 9.18 Å². The molecule has 0 saturated carbocycles. The molecule has 2 rings (SSSR count). The van der Waals surface area contributed by atoms with Gasteiger partial charge in [-0.25, -0.2) is 14.2 Å². The van der Waals surface area contributed by atoms with Crippen LogP contribution in [0, 0.1) is 5.82 Å². The number of rotatable bonds is 3. The standard InChI is InChI=1S/C12H11ClFNO3/c1-2-17-12(16)10-11(18-6-15-10)7-3-4-8(13)9(14)5-7/h3-6,10-11H,2H2,1H3. The molecule has 1 heterocycles. The Morgan fingerprint density at radius 1 is 1.61 bits per heavy atom. The molecule has 0 fully saturated rings. The fourth-order valence-electron chi connectivity index (χ4n) is 1.68. The summed E-state index contributed by atoms with van der Waals surface area (Å²) >= 11 is 5.60. The zero-order chi connectivity index (χ0) is 13.1. The van der Waals surface area contributed by atoms with Crippen molar-refractivity contribution in [3.63, 3.8) is 0 Å². The van der Waals surface area contributed by atoms with Gasteiger partial charge in [-0.15, -0.1) is 0 Å². The largest absolute Gasteiger partial charge is 0.473 e. The van der Waals surface area contributed by atoms with Crippen molar-refractivity contribution in [3.8, 4) is 0 Å². The summed E-state index contributed by atoms with van der Waals surface area (Å²) in [4.78, 5) is 15.5. The van der Waals surface area contributed by atoms with Crippen LogP contribution in [0.25, 0.3) is 0 Å². The maximum absolute atomic E-state index is 13.4. The number of carbonyl (C=O) groups excluding carboxylic acids is 1. The van der Waals surface area contributed by atoms with Gasteiger partial charge in [0.05, 0.1) is 11.6 Å². The molecule has 2 unspecified atom stereocenters. The molecule has 0 aliphatic carbocycles. The molecule has 96 valence electrons. The van der Waals surface area contributed by atoms with Gasteiger partial charge in [-0.3, -0.25) is 0 Å². The van der Waals surface area contributed by atoms with Crippen LogP contribution in [0.1, 0.15) is 18.6 Å². The smallest absolute Gasteiger partial charge is 0.335 e. The van der Waals surface area contributed by atoms with Crippen LogP contribution in [-0.2, 0) is 14.3 Å². The quantitative estimate of drug-likeness (QED) is 0.794. The number of aliphatic imine (C=N–C) groups is 1. The second-order valence-electron chi connectivity index (χ2n) is 3.68. The highest BCUT2D eigenvalue weighted by Gasteiger charge is 2.35. The van der Waals surface area contributed by atoms with Crippen molar-refractivity contribution in [3.05, 3.63) is 34.6 Å². The van der Waals surface area contributed by atoms with Crippen molar-refractivity contribution >= 4 is 24.0 Å². The van der Waals surface area contributed by atoms with Crippen LogP contribution in [0.5, 0.6) is 0 Å². The molecule has 2 atom stereocenters. The molecule has 4 nitrogen and oxygen atoms in total. The van der Waals surface area contributed by atoms with Crippen molar-refractivity contribution in [1.29, 1.82) is 0 Å². The van der Waals surface area contributed by atoms with E-state index in [1.807, 2.05) is 0 Å². The SMILES string of the molecule is CCOC(=O)C1N=COC1c1ccc(Cl)c(F)c1. The number of halogens is 2. The third-order valence-electron chi connectivity index (χ3n) is 2.52. The van der Waals surface area contributed by atoms with E-state index in [2.05, 4.69) is 4.99 Å². The Hall–Kier alpha value is -1.62. The third kappa shape index (κ3) is 2.46. The topological polar surface area (TPSA) is 47.9 Å². The maximum Gasteiger partial charge on any atom is 0.335 e. The minimum atomic E-state index is -0.800. The number of hydrogen-bond acceptors (Lipinski definition) is 4. The van der Waals surface area contributed by atoms with E-state index >= 15 is 0 Å². The van der Waals surface area contributed by atoms with E-state index in [0.29, 0.717) is 5.56 Å². The lowest BCUT2D eigenvalue weighted by molar-refractivity contribution is -0.146. The average Bonchev–Trinajstić information content (AvgIpc) is 2.82. The van der Waals surface area contributed by atoms with E-state index in [4.69, 9.17) is 21.1 Å². The Labute approximate surface area is 108 Å². The highest BCUT2D eigenvalue weighted by molar-refractivity contribution is 6.30. The number of ether oxygens (including phenoxy) is 2.